The van der Waals surface area contributed by atoms with Gasteiger partial charge in [-0.25, -0.2) is 0 Å². The molecule has 0 aromatic carbocycles. The molecule has 0 saturated heterocycles. The van der Waals surface area contributed by atoms with Crippen LogP contribution in [0.3, 0.4) is 0 Å². The summed E-state index contributed by atoms with van der Waals surface area (Å²) in [5.74, 6) is 2.63. The summed E-state index contributed by atoms with van der Waals surface area (Å²) >= 11 is 0. The lowest BCUT2D eigenvalue weighted by Crippen LogP contribution is -2.54. The third-order valence-electron chi connectivity index (χ3n) is 10.8. The van der Waals surface area contributed by atoms with Gasteiger partial charge in [-0.05, 0) is 152 Å². The smallest absolute Gasteiger partial charge is 0.184 e. The zero-order valence-electron chi connectivity index (χ0n) is 29.4. The van der Waals surface area contributed by atoms with Gasteiger partial charge >= 0.3 is 0 Å². The second-order valence-electron chi connectivity index (χ2n) is 18.6. The van der Waals surface area contributed by atoms with Crippen LogP contribution in [0.2, 0.25) is 78.6 Å². The van der Waals surface area contributed by atoms with Gasteiger partial charge in [-0.2, -0.15) is 0 Å². The Morgan fingerprint density at radius 1 is 0.780 bits per heavy atom. The number of hydrogen-bond acceptors (Lipinski definition) is 4. The molecule has 4 aliphatic carbocycles. The molecule has 0 aliphatic heterocycles. The Morgan fingerprint density at radius 2 is 1.41 bits per heavy atom. The van der Waals surface area contributed by atoms with Gasteiger partial charge in [0.25, 0.3) is 0 Å². The summed E-state index contributed by atoms with van der Waals surface area (Å²) in [7, 11) is -6.72. The molecule has 4 rings (SSSR count). The molecule has 8 heteroatoms. The highest BCUT2D eigenvalue weighted by molar-refractivity contribution is 6.70. The van der Waals surface area contributed by atoms with Crippen molar-refractivity contribution < 1.29 is 17.7 Å². The maximum absolute atomic E-state index is 7.17. The van der Waals surface area contributed by atoms with E-state index in [9.17, 15) is 0 Å². The highest BCUT2D eigenvalue weighted by Gasteiger charge is 2.63. The van der Waals surface area contributed by atoms with Gasteiger partial charge in [-0.15, -0.1) is 0 Å². The number of allylic oxidation sites excluding steroid dienone is 1. The van der Waals surface area contributed by atoms with Crippen LogP contribution in [0.4, 0.5) is 0 Å². The van der Waals surface area contributed by atoms with Crippen molar-refractivity contribution in [2.75, 3.05) is 6.61 Å². The monoisotopic (exact) mass is 638 g/mol. The minimum Gasteiger partial charge on any atom is -0.415 e. The first-order valence-corrected chi connectivity index (χ1v) is 30.5. The predicted octanol–water partition coefficient (Wildman–Crippen LogP) is 9.69. The third-order valence-corrected chi connectivity index (χ3v) is 14.8. The average molecular weight is 639 g/mol. The molecule has 0 amide bonds. The number of hydrogen-bond donors (Lipinski definition) is 0. The van der Waals surface area contributed by atoms with Crippen LogP contribution < -0.4 is 0 Å². The highest BCUT2D eigenvalue weighted by atomic mass is 28.4. The fourth-order valence-corrected chi connectivity index (χ4v) is 13.6. The van der Waals surface area contributed by atoms with Crippen LogP contribution in [-0.2, 0) is 17.7 Å². The normalized spacial score (nSPS) is 39.0. The van der Waals surface area contributed by atoms with Crippen molar-refractivity contribution >= 4 is 33.3 Å². The van der Waals surface area contributed by atoms with Crippen molar-refractivity contribution in [1.82, 2.24) is 0 Å². The maximum Gasteiger partial charge on any atom is 0.184 e. The second-order valence-corrected chi connectivity index (χ2v) is 36.5. The number of fused-ring (bicyclic) bond motifs is 5. The standard InChI is InChI=1S/C33H66O4Si4/c1-32-19-17-25(35-39(6,7)8)21-24(32)15-16-26-27(32)18-20-33(2)28(26)22-29(36-40(9,10)11)31(33)30(37-41(12,13)14)23-34-38(3,4)5/h15,25-31H,16-23H2,1-14H3/t25-,26?,27?,28?,29+,30-,31+,32-,33-/m0/s1. The summed E-state index contributed by atoms with van der Waals surface area (Å²) in [6.07, 6.45) is 12.3. The second kappa shape index (κ2) is 11.7. The lowest BCUT2D eigenvalue weighted by molar-refractivity contribution is -0.0817. The molecule has 0 heterocycles. The Balaban J connectivity index is 1.66. The van der Waals surface area contributed by atoms with Gasteiger partial charge in [0.05, 0.1) is 18.8 Å². The minimum absolute atomic E-state index is 0.126. The molecule has 0 N–H and O–H groups in total. The van der Waals surface area contributed by atoms with Gasteiger partial charge in [0.15, 0.2) is 33.3 Å². The molecule has 9 atom stereocenters. The van der Waals surface area contributed by atoms with E-state index in [1.165, 1.54) is 38.5 Å². The number of rotatable bonds is 10. The minimum atomic E-state index is -1.78. The zero-order valence-corrected chi connectivity index (χ0v) is 33.4. The van der Waals surface area contributed by atoms with Gasteiger partial charge in [0, 0.05) is 12.0 Å². The third kappa shape index (κ3) is 8.00. The summed E-state index contributed by atoms with van der Waals surface area (Å²) < 4.78 is 27.6. The summed E-state index contributed by atoms with van der Waals surface area (Å²) in [4.78, 5) is 0. The van der Waals surface area contributed by atoms with E-state index in [4.69, 9.17) is 17.7 Å². The van der Waals surface area contributed by atoms with Gasteiger partial charge in [-0.3, -0.25) is 0 Å². The van der Waals surface area contributed by atoms with Crippen molar-refractivity contribution in [3.8, 4) is 0 Å². The quantitative estimate of drug-likeness (QED) is 0.176. The van der Waals surface area contributed by atoms with Crippen molar-refractivity contribution in [2.24, 2.45) is 34.5 Å². The zero-order chi connectivity index (χ0) is 30.8. The predicted molar refractivity (Wildman–Crippen MR) is 185 cm³/mol. The van der Waals surface area contributed by atoms with E-state index in [2.05, 4.69) is 98.5 Å². The van der Waals surface area contributed by atoms with Crippen molar-refractivity contribution in [3.05, 3.63) is 11.6 Å². The van der Waals surface area contributed by atoms with Gasteiger partial charge < -0.3 is 17.7 Å². The van der Waals surface area contributed by atoms with Crippen LogP contribution in [0.25, 0.3) is 0 Å². The first-order valence-electron chi connectivity index (χ1n) is 16.9. The summed E-state index contributed by atoms with van der Waals surface area (Å²) in [6.45, 7) is 34.2. The van der Waals surface area contributed by atoms with Crippen LogP contribution in [0.5, 0.6) is 0 Å². The van der Waals surface area contributed by atoms with E-state index >= 15 is 0 Å². The van der Waals surface area contributed by atoms with Gasteiger partial charge in [-0.1, -0.05) is 25.5 Å². The van der Waals surface area contributed by atoms with Crippen LogP contribution >= 0.6 is 0 Å². The Labute approximate surface area is 258 Å². The van der Waals surface area contributed by atoms with Crippen LogP contribution in [-0.4, -0.2) is 58.2 Å². The van der Waals surface area contributed by atoms with Crippen LogP contribution in [0.1, 0.15) is 58.8 Å². The Morgan fingerprint density at radius 3 is 1.98 bits per heavy atom. The fourth-order valence-electron chi connectivity index (χ4n) is 9.49. The molecular weight excluding hydrogens is 573 g/mol. The lowest BCUT2D eigenvalue weighted by Gasteiger charge is -2.58. The highest BCUT2D eigenvalue weighted by Crippen LogP contribution is 2.67. The van der Waals surface area contributed by atoms with Gasteiger partial charge in [0.2, 0.25) is 0 Å². The lowest BCUT2D eigenvalue weighted by atomic mass is 9.47. The topological polar surface area (TPSA) is 36.9 Å². The molecule has 0 aromatic heterocycles. The maximum atomic E-state index is 7.17. The fraction of sp³-hybridized carbons (Fsp3) is 0.939. The largest absolute Gasteiger partial charge is 0.415 e. The SMILES string of the molecule is C[C@]12CC[C@H](O[Si](C)(C)C)CC1=CCC1C2CC[C@@]2(C)C1C[C@@H](O[Si](C)(C)C)[C@@H]2[C@H](CO[Si](C)(C)C)O[Si](C)(C)C. The molecule has 4 nitrogen and oxygen atoms in total. The first-order chi connectivity index (χ1) is 18.5. The Kier molecular flexibility index (Phi) is 9.77. The van der Waals surface area contributed by atoms with E-state index in [1.54, 1.807) is 5.57 Å². The average Bonchev–Trinajstić information content (AvgIpc) is 3.05. The summed E-state index contributed by atoms with van der Waals surface area (Å²) in [6, 6.07) is 0. The van der Waals surface area contributed by atoms with Crippen molar-refractivity contribution in [3.63, 3.8) is 0 Å². The van der Waals surface area contributed by atoms with E-state index in [0.717, 1.165) is 24.9 Å². The molecule has 3 fully saturated rings. The summed E-state index contributed by atoms with van der Waals surface area (Å²) in [5.41, 5.74) is 2.30. The van der Waals surface area contributed by atoms with E-state index in [1.807, 2.05) is 0 Å². The summed E-state index contributed by atoms with van der Waals surface area (Å²) in [5, 5.41) is 0. The van der Waals surface area contributed by atoms with Crippen molar-refractivity contribution in [1.29, 1.82) is 0 Å². The van der Waals surface area contributed by atoms with Crippen LogP contribution in [0, 0.1) is 34.5 Å². The Bertz CT molecular complexity index is 958. The molecule has 3 saturated carbocycles. The first kappa shape index (κ1) is 34.3. The van der Waals surface area contributed by atoms with Crippen molar-refractivity contribution in [2.45, 2.75) is 156 Å². The molecular formula is C33H66O4Si4. The van der Waals surface area contributed by atoms with E-state index in [-0.39, 0.29) is 17.6 Å². The molecule has 3 unspecified atom stereocenters. The Hall–Kier alpha value is 0.448. The van der Waals surface area contributed by atoms with Gasteiger partial charge in [0.1, 0.15) is 0 Å². The molecule has 0 spiro atoms. The van der Waals surface area contributed by atoms with Crippen LogP contribution in [0.15, 0.2) is 11.6 Å². The molecule has 0 aromatic rings. The molecule has 4 aliphatic rings. The molecule has 41 heavy (non-hydrogen) atoms. The molecule has 0 bridgehead atoms. The molecule has 0 radical (unpaired) electrons. The molecule has 238 valence electrons. The van der Waals surface area contributed by atoms with E-state index in [0.29, 0.717) is 23.4 Å². The van der Waals surface area contributed by atoms with E-state index < -0.39 is 33.3 Å².